The van der Waals surface area contributed by atoms with Crippen LogP contribution in [0.3, 0.4) is 0 Å². The number of hydrogen-bond acceptors (Lipinski definition) is 3. The first-order chi connectivity index (χ1) is 9.62. The van der Waals surface area contributed by atoms with E-state index in [4.69, 9.17) is 10.4 Å². The zero-order valence-corrected chi connectivity index (χ0v) is 12.2. The van der Waals surface area contributed by atoms with Crippen LogP contribution in [0.2, 0.25) is 0 Å². The lowest BCUT2D eigenvalue weighted by Crippen LogP contribution is -2.27. The molecule has 0 spiro atoms. The summed E-state index contributed by atoms with van der Waals surface area (Å²) in [5.41, 5.74) is 0.908. The minimum Gasteiger partial charge on any atom is -0.396 e. The van der Waals surface area contributed by atoms with Crippen LogP contribution in [-0.4, -0.2) is 18.3 Å². The van der Waals surface area contributed by atoms with Gasteiger partial charge in [0.15, 0.2) is 0 Å². The maximum Gasteiger partial charge on any atom is 0.129 e. The molecule has 0 aromatic heterocycles. The molecular weight excluding hydrogens is 255 g/mol. The predicted octanol–water partition coefficient (Wildman–Crippen LogP) is 3.15. The number of hydrogen-bond donors (Lipinski definition) is 2. The second kappa shape index (κ2) is 8.68. The molecule has 0 aliphatic heterocycles. The maximum absolute atomic E-state index is 13.9. The molecule has 3 nitrogen and oxygen atoms in total. The Hall–Kier alpha value is -1.44. The number of nitrogens with one attached hydrogen (secondary N) is 1. The van der Waals surface area contributed by atoms with Crippen molar-refractivity contribution in [1.82, 2.24) is 5.32 Å². The van der Waals surface area contributed by atoms with E-state index in [0.29, 0.717) is 17.0 Å². The van der Waals surface area contributed by atoms with Crippen molar-refractivity contribution in [3.8, 4) is 6.07 Å². The van der Waals surface area contributed by atoms with E-state index in [2.05, 4.69) is 12.2 Å². The third kappa shape index (κ3) is 4.92. The third-order valence-corrected chi connectivity index (χ3v) is 3.54. The Labute approximate surface area is 120 Å². The summed E-state index contributed by atoms with van der Waals surface area (Å²) in [6, 6.07) is 6.38. The Kier molecular flexibility index (Phi) is 7.21. The van der Waals surface area contributed by atoms with Crippen LogP contribution in [0.4, 0.5) is 4.39 Å². The van der Waals surface area contributed by atoms with E-state index in [9.17, 15) is 4.39 Å². The number of aliphatic hydroxyl groups excluding tert-OH is 1. The van der Waals surface area contributed by atoms with Crippen molar-refractivity contribution >= 4 is 0 Å². The molecule has 0 saturated heterocycles. The molecule has 20 heavy (non-hydrogen) atoms. The highest BCUT2D eigenvalue weighted by molar-refractivity contribution is 5.34. The highest BCUT2D eigenvalue weighted by Crippen LogP contribution is 2.19. The molecule has 110 valence electrons. The van der Waals surface area contributed by atoms with Gasteiger partial charge in [-0.15, -0.1) is 0 Å². The number of nitriles is 1. The summed E-state index contributed by atoms with van der Waals surface area (Å²) < 4.78 is 13.9. The standard InChI is InChI=1S/C16H23FN2O/c1-3-4-13(7-8-20)11-19-12(2)15-6-5-14(10-18)9-16(15)17/h5-6,9,12-13,19-20H,3-4,7-8,11H2,1-2H3. The van der Waals surface area contributed by atoms with Crippen molar-refractivity contribution < 1.29 is 9.50 Å². The summed E-state index contributed by atoms with van der Waals surface area (Å²) in [5.74, 6) is 0.0622. The minimum atomic E-state index is -0.349. The van der Waals surface area contributed by atoms with E-state index in [1.54, 1.807) is 12.1 Å². The van der Waals surface area contributed by atoms with Crippen molar-refractivity contribution in [1.29, 1.82) is 5.26 Å². The van der Waals surface area contributed by atoms with Crippen molar-refractivity contribution in [3.05, 3.63) is 35.1 Å². The molecule has 0 amide bonds. The Balaban J connectivity index is 2.62. The van der Waals surface area contributed by atoms with Gasteiger partial charge in [0.25, 0.3) is 0 Å². The average Bonchev–Trinajstić information content (AvgIpc) is 2.44. The van der Waals surface area contributed by atoms with Gasteiger partial charge < -0.3 is 10.4 Å². The maximum atomic E-state index is 13.9. The van der Waals surface area contributed by atoms with Gasteiger partial charge in [0.05, 0.1) is 11.6 Å². The molecule has 1 rings (SSSR count). The fourth-order valence-corrected chi connectivity index (χ4v) is 2.34. The molecule has 2 N–H and O–H groups in total. The zero-order valence-electron chi connectivity index (χ0n) is 12.2. The first-order valence-electron chi connectivity index (χ1n) is 7.16. The Morgan fingerprint density at radius 1 is 1.40 bits per heavy atom. The SMILES string of the molecule is CCCC(CCO)CNC(C)c1ccc(C#N)cc1F. The van der Waals surface area contributed by atoms with E-state index in [1.165, 1.54) is 6.07 Å². The molecule has 0 heterocycles. The van der Waals surface area contributed by atoms with Crippen LogP contribution in [0.1, 0.15) is 50.3 Å². The van der Waals surface area contributed by atoms with Crippen molar-refractivity contribution in [2.24, 2.45) is 5.92 Å². The Bertz CT molecular complexity index is 450. The van der Waals surface area contributed by atoms with E-state index in [0.717, 1.165) is 25.8 Å². The van der Waals surface area contributed by atoms with Crippen LogP contribution < -0.4 is 5.32 Å². The smallest absolute Gasteiger partial charge is 0.129 e. The first kappa shape index (κ1) is 16.6. The molecule has 0 fully saturated rings. The topological polar surface area (TPSA) is 56.0 Å². The second-order valence-corrected chi connectivity index (χ2v) is 5.15. The molecule has 2 atom stereocenters. The summed E-state index contributed by atoms with van der Waals surface area (Å²) in [6.07, 6.45) is 2.89. The van der Waals surface area contributed by atoms with E-state index < -0.39 is 0 Å². The summed E-state index contributed by atoms with van der Waals surface area (Å²) in [6.45, 7) is 4.97. The van der Waals surface area contributed by atoms with Crippen LogP contribution in [0.5, 0.6) is 0 Å². The van der Waals surface area contributed by atoms with Crippen LogP contribution in [0, 0.1) is 23.1 Å². The zero-order chi connectivity index (χ0) is 15.0. The summed E-state index contributed by atoms with van der Waals surface area (Å²) in [7, 11) is 0. The third-order valence-electron chi connectivity index (χ3n) is 3.54. The van der Waals surface area contributed by atoms with Crippen LogP contribution in [0.25, 0.3) is 0 Å². The molecule has 0 aliphatic carbocycles. The molecule has 4 heteroatoms. The normalized spacial score (nSPS) is 13.8. The highest BCUT2D eigenvalue weighted by atomic mass is 19.1. The first-order valence-corrected chi connectivity index (χ1v) is 7.16. The van der Waals surface area contributed by atoms with Crippen LogP contribution >= 0.6 is 0 Å². The van der Waals surface area contributed by atoms with Gasteiger partial charge in [0.1, 0.15) is 5.82 Å². The molecule has 0 saturated carbocycles. The molecule has 1 aromatic carbocycles. The van der Waals surface area contributed by atoms with E-state index in [-0.39, 0.29) is 18.5 Å². The van der Waals surface area contributed by atoms with Gasteiger partial charge >= 0.3 is 0 Å². The van der Waals surface area contributed by atoms with Gasteiger partial charge in [-0.2, -0.15) is 5.26 Å². The minimum absolute atomic E-state index is 0.110. The van der Waals surface area contributed by atoms with Crippen LogP contribution in [0.15, 0.2) is 18.2 Å². The molecule has 0 aliphatic rings. The Morgan fingerprint density at radius 3 is 2.70 bits per heavy atom. The van der Waals surface area contributed by atoms with Gasteiger partial charge in [-0.1, -0.05) is 19.4 Å². The molecular formula is C16H23FN2O. The van der Waals surface area contributed by atoms with Gasteiger partial charge in [0, 0.05) is 18.2 Å². The van der Waals surface area contributed by atoms with Crippen LogP contribution in [-0.2, 0) is 0 Å². The largest absolute Gasteiger partial charge is 0.396 e. The fraction of sp³-hybridized carbons (Fsp3) is 0.562. The average molecular weight is 278 g/mol. The van der Waals surface area contributed by atoms with Gasteiger partial charge in [-0.3, -0.25) is 0 Å². The monoisotopic (exact) mass is 278 g/mol. The van der Waals surface area contributed by atoms with Crippen molar-refractivity contribution in [3.63, 3.8) is 0 Å². The molecule has 0 bridgehead atoms. The molecule has 1 aromatic rings. The van der Waals surface area contributed by atoms with Gasteiger partial charge in [-0.25, -0.2) is 4.39 Å². The number of aliphatic hydroxyl groups is 1. The number of halogens is 1. The molecule has 0 radical (unpaired) electrons. The number of rotatable bonds is 8. The lowest BCUT2D eigenvalue weighted by atomic mass is 9.99. The van der Waals surface area contributed by atoms with Crippen molar-refractivity contribution in [2.75, 3.05) is 13.2 Å². The lowest BCUT2D eigenvalue weighted by Gasteiger charge is -2.20. The van der Waals surface area contributed by atoms with Gasteiger partial charge in [-0.05, 0) is 44.4 Å². The van der Waals surface area contributed by atoms with Gasteiger partial charge in [0.2, 0.25) is 0 Å². The van der Waals surface area contributed by atoms with E-state index in [1.807, 2.05) is 13.0 Å². The lowest BCUT2D eigenvalue weighted by molar-refractivity contribution is 0.245. The summed E-state index contributed by atoms with van der Waals surface area (Å²) >= 11 is 0. The summed E-state index contributed by atoms with van der Waals surface area (Å²) in [5, 5.41) is 21.1. The quantitative estimate of drug-likeness (QED) is 0.768. The summed E-state index contributed by atoms with van der Waals surface area (Å²) in [4.78, 5) is 0. The molecule has 2 unspecified atom stereocenters. The Morgan fingerprint density at radius 2 is 2.15 bits per heavy atom. The predicted molar refractivity (Wildman–Crippen MR) is 77.6 cm³/mol. The highest BCUT2D eigenvalue weighted by Gasteiger charge is 2.13. The second-order valence-electron chi connectivity index (χ2n) is 5.15. The van der Waals surface area contributed by atoms with Crippen molar-refractivity contribution in [2.45, 2.75) is 39.2 Å². The number of benzene rings is 1. The number of nitrogens with zero attached hydrogens (tertiary/aromatic N) is 1. The fourth-order valence-electron chi connectivity index (χ4n) is 2.34. The van der Waals surface area contributed by atoms with E-state index >= 15 is 0 Å².